The smallest absolute Gasteiger partial charge is 0.317 e. The molecule has 234 valence electrons. The van der Waals surface area contributed by atoms with E-state index in [9.17, 15) is 49.5 Å². The van der Waals surface area contributed by atoms with Crippen molar-refractivity contribution in [2.24, 2.45) is 0 Å². The summed E-state index contributed by atoms with van der Waals surface area (Å²) in [4.78, 5) is 63.5. The van der Waals surface area contributed by atoms with E-state index < -0.39 is 40.9 Å². The quantitative estimate of drug-likeness (QED) is 0.140. The normalized spacial score (nSPS) is 18.4. The third-order valence-electron chi connectivity index (χ3n) is 8.90. The van der Waals surface area contributed by atoms with Crippen LogP contribution in [0.4, 0.5) is 0 Å². The second kappa shape index (κ2) is 16.6. The molecule has 2 aliphatic rings. The molecule has 41 heavy (non-hydrogen) atoms. The molecule has 0 radical (unpaired) electrons. The van der Waals surface area contributed by atoms with Crippen molar-refractivity contribution in [1.82, 2.24) is 14.7 Å². The molecule has 0 heterocycles. The average molecular weight is 586 g/mol. The van der Waals surface area contributed by atoms with Crippen LogP contribution in [0, 0.1) is 0 Å². The zero-order valence-corrected chi connectivity index (χ0v) is 24.0. The monoisotopic (exact) mass is 585 g/mol. The van der Waals surface area contributed by atoms with Crippen LogP contribution in [0.15, 0.2) is 0 Å². The Bertz CT molecular complexity index is 836. The highest BCUT2D eigenvalue weighted by Crippen LogP contribution is 2.39. The zero-order chi connectivity index (χ0) is 30.5. The molecule has 0 spiro atoms. The highest BCUT2D eigenvalue weighted by Gasteiger charge is 2.41. The highest BCUT2D eigenvalue weighted by molar-refractivity contribution is 5.70. The Balaban J connectivity index is 2.23. The van der Waals surface area contributed by atoms with Crippen LogP contribution in [0.5, 0.6) is 0 Å². The second-order valence-electron chi connectivity index (χ2n) is 11.7. The van der Waals surface area contributed by atoms with E-state index in [1.807, 2.05) is 0 Å². The topological polar surface area (TPSA) is 196 Å². The summed E-state index contributed by atoms with van der Waals surface area (Å²) in [7, 11) is 0. The molecule has 0 aromatic heterocycles. The van der Waals surface area contributed by atoms with Gasteiger partial charge in [-0.05, 0) is 38.5 Å². The summed E-state index contributed by atoms with van der Waals surface area (Å²) < 4.78 is 0. The number of hydrogen-bond acceptors (Lipinski definition) is 8. The van der Waals surface area contributed by atoms with Gasteiger partial charge in [0.15, 0.2) is 0 Å². The summed E-state index contributed by atoms with van der Waals surface area (Å²) in [5.74, 6) is -5.05. The first-order valence-electron chi connectivity index (χ1n) is 14.7. The number of aliphatic carboxylic acids is 5. The Hall–Kier alpha value is -2.77. The number of carboxylic acids is 5. The first-order valence-corrected chi connectivity index (χ1v) is 14.7. The summed E-state index contributed by atoms with van der Waals surface area (Å²) in [5, 5.41) is 47.6. The van der Waals surface area contributed by atoms with E-state index in [1.165, 1.54) is 0 Å². The third-order valence-corrected chi connectivity index (χ3v) is 8.90. The van der Waals surface area contributed by atoms with Gasteiger partial charge in [0.05, 0.1) is 19.6 Å². The molecule has 5 N–H and O–H groups in total. The van der Waals surface area contributed by atoms with Gasteiger partial charge in [0, 0.05) is 50.1 Å². The standard InChI is InChI=1S/C28H47N3O10/c32-22(33)7-13-27(9-3-1-4-10-27)30(20-25(38)39)17-15-29(19-24(36)37)16-18-31(21-26(40)41)28(14-8-23(34)35)11-5-2-6-12-28/h1-21H2,(H,32,33)(H,34,35)(H,36,37)(H,38,39)(H,40,41). The van der Waals surface area contributed by atoms with Crippen molar-refractivity contribution in [2.75, 3.05) is 45.8 Å². The molecular formula is C28H47N3O10. The van der Waals surface area contributed by atoms with Gasteiger partial charge >= 0.3 is 29.8 Å². The molecule has 13 heteroatoms. The highest BCUT2D eigenvalue weighted by atomic mass is 16.4. The van der Waals surface area contributed by atoms with Gasteiger partial charge in [-0.15, -0.1) is 0 Å². The van der Waals surface area contributed by atoms with Crippen LogP contribution in [0.3, 0.4) is 0 Å². The molecule has 0 amide bonds. The van der Waals surface area contributed by atoms with E-state index in [1.54, 1.807) is 14.7 Å². The number of carboxylic acid groups (broad SMARTS) is 5. The largest absolute Gasteiger partial charge is 0.481 e. The number of nitrogens with zero attached hydrogens (tertiary/aromatic N) is 3. The zero-order valence-electron chi connectivity index (χ0n) is 24.0. The van der Waals surface area contributed by atoms with Gasteiger partial charge in [0.2, 0.25) is 0 Å². The van der Waals surface area contributed by atoms with Crippen LogP contribution in [0.25, 0.3) is 0 Å². The second-order valence-corrected chi connectivity index (χ2v) is 11.7. The summed E-state index contributed by atoms with van der Waals surface area (Å²) in [5.41, 5.74) is -1.19. The van der Waals surface area contributed by atoms with Crippen molar-refractivity contribution < 1.29 is 49.5 Å². The maximum atomic E-state index is 11.8. The van der Waals surface area contributed by atoms with Gasteiger partial charge < -0.3 is 25.5 Å². The van der Waals surface area contributed by atoms with Gasteiger partial charge in [-0.2, -0.15) is 0 Å². The minimum absolute atomic E-state index is 0.0858. The van der Waals surface area contributed by atoms with Crippen LogP contribution in [0.2, 0.25) is 0 Å². The molecule has 0 atom stereocenters. The lowest BCUT2D eigenvalue weighted by molar-refractivity contribution is -0.143. The predicted molar refractivity (Wildman–Crippen MR) is 148 cm³/mol. The van der Waals surface area contributed by atoms with Crippen molar-refractivity contribution >= 4 is 29.8 Å². The molecule has 0 saturated heterocycles. The lowest BCUT2D eigenvalue weighted by atomic mass is 9.77. The fraction of sp³-hybridized carbons (Fsp3) is 0.821. The molecule has 2 fully saturated rings. The average Bonchev–Trinajstić information content (AvgIpc) is 2.91. The van der Waals surface area contributed by atoms with Crippen molar-refractivity contribution in [3.05, 3.63) is 0 Å². The summed E-state index contributed by atoms with van der Waals surface area (Å²) >= 11 is 0. The molecule has 0 aromatic carbocycles. The first kappa shape index (κ1) is 34.4. The van der Waals surface area contributed by atoms with Crippen LogP contribution in [0.1, 0.15) is 89.9 Å². The van der Waals surface area contributed by atoms with Crippen LogP contribution < -0.4 is 0 Å². The van der Waals surface area contributed by atoms with E-state index in [2.05, 4.69) is 0 Å². The maximum absolute atomic E-state index is 11.8. The SMILES string of the molecule is O=C(O)CCC1(N(CCN(CCN(CC(=O)O)C2(CCC(=O)O)CCCCC2)CC(=O)O)CC(=O)O)CCCCC1. The fourth-order valence-corrected chi connectivity index (χ4v) is 6.83. The van der Waals surface area contributed by atoms with Crippen molar-refractivity contribution in [2.45, 2.75) is 101 Å². The molecule has 2 aliphatic carbocycles. The van der Waals surface area contributed by atoms with Crippen LogP contribution >= 0.6 is 0 Å². The minimum atomic E-state index is -1.07. The molecule has 2 saturated carbocycles. The molecule has 0 bridgehead atoms. The molecule has 13 nitrogen and oxygen atoms in total. The van der Waals surface area contributed by atoms with Gasteiger partial charge in [-0.3, -0.25) is 38.7 Å². The van der Waals surface area contributed by atoms with Gasteiger partial charge in [0.25, 0.3) is 0 Å². The van der Waals surface area contributed by atoms with Gasteiger partial charge in [-0.25, -0.2) is 0 Å². The Morgan fingerprint density at radius 2 is 0.805 bits per heavy atom. The lowest BCUT2D eigenvalue weighted by Crippen LogP contribution is -2.56. The number of carbonyl (C=O) groups is 5. The first-order chi connectivity index (χ1) is 19.4. The van der Waals surface area contributed by atoms with Crippen molar-refractivity contribution in [1.29, 1.82) is 0 Å². The minimum Gasteiger partial charge on any atom is -0.481 e. The lowest BCUT2D eigenvalue weighted by Gasteiger charge is -2.47. The summed E-state index contributed by atoms with van der Waals surface area (Å²) in [6, 6.07) is 0. The maximum Gasteiger partial charge on any atom is 0.317 e. The molecular weight excluding hydrogens is 538 g/mol. The van der Waals surface area contributed by atoms with E-state index >= 15 is 0 Å². The molecule has 2 rings (SSSR count). The van der Waals surface area contributed by atoms with E-state index in [-0.39, 0.29) is 58.7 Å². The van der Waals surface area contributed by atoms with Crippen LogP contribution in [-0.4, -0.2) is 127 Å². The molecule has 0 unspecified atom stereocenters. The Kier molecular flexibility index (Phi) is 14.0. The van der Waals surface area contributed by atoms with Crippen molar-refractivity contribution in [3.63, 3.8) is 0 Å². The fourth-order valence-electron chi connectivity index (χ4n) is 6.83. The Morgan fingerprint density at radius 1 is 0.463 bits per heavy atom. The number of hydrogen-bond donors (Lipinski definition) is 5. The summed E-state index contributed by atoms with van der Waals surface area (Å²) in [6.45, 7) is -0.0422. The third kappa shape index (κ3) is 11.6. The predicted octanol–water partition coefficient (Wildman–Crippen LogP) is 2.28. The van der Waals surface area contributed by atoms with Crippen LogP contribution in [-0.2, 0) is 24.0 Å². The van der Waals surface area contributed by atoms with Gasteiger partial charge in [-0.1, -0.05) is 38.5 Å². The van der Waals surface area contributed by atoms with Crippen molar-refractivity contribution in [3.8, 4) is 0 Å². The Morgan fingerprint density at radius 3 is 1.10 bits per heavy atom. The summed E-state index contributed by atoms with van der Waals surface area (Å²) in [6.07, 6.45) is 8.55. The Labute approximate surface area is 241 Å². The molecule has 0 aliphatic heterocycles. The molecule has 0 aromatic rings. The number of rotatable bonds is 20. The van der Waals surface area contributed by atoms with E-state index in [0.29, 0.717) is 38.5 Å². The van der Waals surface area contributed by atoms with E-state index in [0.717, 1.165) is 38.5 Å². The van der Waals surface area contributed by atoms with E-state index in [4.69, 9.17) is 0 Å². The van der Waals surface area contributed by atoms with Gasteiger partial charge in [0.1, 0.15) is 0 Å².